The number of anilines is 1. The third kappa shape index (κ3) is 6.27. The average molecular weight is 401 g/mol. The fourth-order valence-corrected chi connectivity index (χ4v) is 3.24. The Labute approximate surface area is 174 Å². The van der Waals surface area contributed by atoms with Crippen molar-refractivity contribution in [3.63, 3.8) is 0 Å². The summed E-state index contributed by atoms with van der Waals surface area (Å²) in [4.78, 5) is 24.9. The molecule has 0 radical (unpaired) electrons. The van der Waals surface area contributed by atoms with E-state index in [4.69, 9.17) is 4.74 Å². The van der Waals surface area contributed by atoms with Gasteiger partial charge >= 0.3 is 5.97 Å². The molecule has 0 fully saturated rings. The van der Waals surface area contributed by atoms with Crippen LogP contribution in [0.3, 0.4) is 0 Å². The number of thioether (sulfide) groups is 1. The molecule has 0 spiro atoms. The molecule has 0 aliphatic carbocycles. The summed E-state index contributed by atoms with van der Waals surface area (Å²) >= 11 is 1.49. The van der Waals surface area contributed by atoms with Crippen LogP contribution in [0.4, 0.5) is 5.69 Å². The van der Waals surface area contributed by atoms with E-state index in [1.807, 2.05) is 60.7 Å². The Morgan fingerprint density at radius 1 is 0.897 bits per heavy atom. The predicted molar refractivity (Wildman–Crippen MR) is 116 cm³/mol. The maximum absolute atomic E-state index is 12.2. The standard InChI is InChI=1S/C24H19NO3S/c1-28-24(27)20-9-5-7-18(15-20)13-14-19-8-6-10-21(16-19)25-23(26)17-29-22-11-3-2-4-12-22/h2-12,15-16H,17H2,1H3,(H,25,26). The van der Waals surface area contributed by atoms with Crippen LogP contribution in [-0.4, -0.2) is 24.7 Å². The van der Waals surface area contributed by atoms with Gasteiger partial charge in [-0.1, -0.05) is 42.2 Å². The lowest BCUT2D eigenvalue weighted by atomic mass is 10.1. The van der Waals surface area contributed by atoms with Crippen LogP contribution >= 0.6 is 11.8 Å². The Morgan fingerprint density at radius 3 is 2.31 bits per heavy atom. The van der Waals surface area contributed by atoms with E-state index in [1.165, 1.54) is 18.9 Å². The molecule has 3 rings (SSSR count). The summed E-state index contributed by atoms with van der Waals surface area (Å²) in [6.45, 7) is 0. The number of amides is 1. The van der Waals surface area contributed by atoms with Gasteiger partial charge in [-0.3, -0.25) is 4.79 Å². The molecule has 4 nitrogen and oxygen atoms in total. The highest BCUT2D eigenvalue weighted by Gasteiger charge is 2.05. The van der Waals surface area contributed by atoms with E-state index in [1.54, 1.807) is 18.2 Å². The number of esters is 1. The van der Waals surface area contributed by atoms with Gasteiger partial charge in [0.25, 0.3) is 0 Å². The van der Waals surface area contributed by atoms with E-state index in [9.17, 15) is 9.59 Å². The molecule has 29 heavy (non-hydrogen) atoms. The molecule has 144 valence electrons. The summed E-state index contributed by atoms with van der Waals surface area (Å²) in [7, 11) is 1.35. The molecular weight excluding hydrogens is 382 g/mol. The minimum atomic E-state index is -0.397. The molecule has 0 bridgehead atoms. The maximum Gasteiger partial charge on any atom is 0.337 e. The molecular formula is C24H19NO3S. The molecule has 0 saturated carbocycles. The number of hydrogen-bond acceptors (Lipinski definition) is 4. The van der Waals surface area contributed by atoms with Crippen molar-refractivity contribution in [2.75, 3.05) is 18.2 Å². The summed E-state index contributed by atoms with van der Waals surface area (Å²) in [6.07, 6.45) is 0. The monoisotopic (exact) mass is 401 g/mol. The Kier molecular flexibility index (Phi) is 7.10. The molecule has 3 aromatic carbocycles. The van der Waals surface area contributed by atoms with Gasteiger partial charge in [-0.15, -0.1) is 11.8 Å². The van der Waals surface area contributed by atoms with Crippen molar-refractivity contribution < 1.29 is 14.3 Å². The van der Waals surface area contributed by atoms with Gasteiger partial charge in [0, 0.05) is 21.7 Å². The predicted octanol–water partition coefficient (Wildman–Crippen LogP) is 4.60. The summed E-state index contributed by atoms with van der Waals surface area (Å²) in [5.74, 6) is 5.95. The van der Waals surface area contributed by atoms with Crippen LogP contribution in [0.1, 0.15) is 21.5 Å². The van der Waals surface area contributed by atoms with Gasteiger partial charge in [0.2, 0.25) is 5.91 Å². The summed E-state index contributed by atoms with van der Waals surface area (Å²) in [5, 5.41) is 2.89. The number of rotatable bonds is 5. The zero-order valence-corrected chi connectivity index (χ0v) is 16.7. The Hall–Kier alpha value is -3.49. The van der Waals surface area contributed by atoms with Gasteiger partial charge in [0.15, 0.2) is 0 Å². The lowest BCUT2D eigenvalue weighted by molar-refractivity contribution is -0.113. The maximum atomic E-state index is 12.2. The fourth-order valence-electron chi connectivity index (χ4n) is 2.52. The van der Waals surface area contributed by atoms with E-state index in [0.29, 0.717) is 22.6 Å². The van der Waals surface area contributed by atoms with Crippen molar-refractivity contribution >= 4 is 29.3 Å². The van der Waals surface area contributed by atoms with Gasteiger partial charge in [-0.25, -0.2) is 4.79 Å². The molecule has 3 aromatic rings. The Morgan fingerprint density at radius 2 is 1.59 bits per heavy atom. The second-order valence-electron chi connectivity index (χ2n) is 6.05. The van der Waals surface area contributed by atoms with Crippen molar-refractivity contribution in [1.82, 2.24) is 0 Å². The average Bonchev–Trinajstić information content (AvgIpc) is 2.77. The lowest BCUT2D eigenvalue weighted by Gasteiger charge is -2.05. The van der Waals surface area contributed by atoms with E-state index >= 15 is 0 Å². The molecule has 0 heterocycles. The quantitative estimate of drug-likeness (QED) is 0.386. The smallest absolute Gasteiger partial charge is 0.337 e. The summed E-state index contributed by atoms with van der Waals surface area (Å²) in [6, 6.07) is 24.1. The highest BCUT2D eigenvalue weighted by molar-refractivity contribution is 8.00. The highest BCUT2D eigenvalue weighted by atomic mass is 32.2. The molecule has 0 atom stereocenters. The van der Waals surface area contributed by atoms with Crippen LogP contribution in [0.15, 0.2) is 83.8 Å². The zero-order chi connectivity index (χ0) is 20.5. The Bertz CT molecular complexity index is 1070. The van der Waals surface area contributed by atoms with Crippen molar-refractivity contribution in [3.05, 3.63) is 95.6 Å². The third-order valence-electron chi connectivity index (χ3n) is 3.89. The second-order valence-corrected chi connectivity index (χ2v) is 7.10. The zero-order valence-electron chi connectivity index (χ0n) is 15.8. The van der Waals surface area contributed by atoms with E-state index in [-0.39, 0.29) is 5.91 Å². The number of ether oxygens (including phenoxy) is 1. The number of hydrogen-bond donors (Lipinski definition) is 1. The van der Waals surface area contributed by atoms with Gasteiger partial charge < -0.3 is 10.1 Å². The SMILES string of the molecule is COC(=O)c1cccc(C#Cc2cccc(NC(=O)CSc3ccccc3)c2)c1. The van der Waals surface area contributed by atoms with Gasteiger partial charge in [-0.2, -0.15) is 0 Å². The first-order valence-corrected chi connectivity index (χ1v) is 9.91. The van der Waals surface area contributed by atoms with E-state index in [0.717, 1.165) is 10.5 Å². The van der Waals surface area contributed by atoms with Crippen LogP contribution in [0.2, 0.25) is 0 Å². The van der Waals surface area contributed by atoms with Crippen molar-refractivity contribution in [2.45, 2.75) is 4.90 Å². The number of methoxy groups -OCH3 is 1. The first kappa shape index (κ1) is 20.2. The summed E-state index contributed by atoms with van der Waals surface area (Å²) < 4.78 is 4.73. The Balaban J connectivity index is 1.64. The van der Waals surface area contributed by atoms with Crippen LogP contribution < -0.4 is 5.32 Å². The topological polar surface area (TPSA) is 55.4 Å². The van der Waals surface area contributed by atoms with E-state index < -0.39 is 5.97 Å². The largest absolute Gasteiger partial charge is 0.465 e. The van der Waals surface area contributed by atoms with Crippen molar-refractivity contribution in [3.8, 4) is 11.8 Å². The van der Waals surface area contributed by atoms with Crippen LogP contribution in [0.5, 0.6) is 0 Å². The minimum Gasteiger partial charge on any atom is -0.465 e. The summed E-state index contributed by atoms with van der Waals surface area (Å²) in [5.41, 5.74) is 2.62. The minimum absolute atomic E-state index is 0.0743. The molecule has 0 unspecified atom stereocenters. The third-order valence-corrected chi connectivity index (χ3v) is 4.91. The lowest BCUT2D eigenvalue weighted by Crippen LogP contribution is -2.13. The van der Waals surface area contributed by atoms with Gasteiger partial charge in [0.05, 0.1) is 18.4 Å². The molecule has 0 aliphatic rings. The molecule has 0 aliphatic heterocycles. The number of nitrogens with one attached hydrogen (secondary N) is 1. The highest BCUT2D eigenvalue weighted by Crippen LogP contribution is 2.18. The fraction of sp³-hybridized carbons (Fsp3) is 0.0833. The van der Waals surface area contributed by atoms with Gasteiger partial charge in [0.1, 0.15) is 0 Å². The number of carbonyl (C=O) groups is 2. The number of benzene rings is 3. The molecule has 5 heteroatoms. The first-order valence-electron chi connectivity index (χ1n) is 8.92. The molecule has 1 N–H and O–H groups in total. The van der Waals surface area contributed by atoms with Crippen LogP contribution in [-0.2, 0) is 9.53 Å². The molecule has 0 aromatic heterocycles. The normalized spacial score (nSPS) is 9.83. The van der Waals surface area contributed by atoms with E-state index in [2.05, 4.69) is 17.2 Å². The molecule has 1 amide bonds. The van der Waals surface area contributed by atoms with Crippen molar-refractivity contribution in [1.29, 1.82) is 0 Å². The second kappa shape index (κ2) is 10.2. The first-order chi connectivity index (χ1) is 14.1. The number of carbonyl (C=O) groups excluding carboxylic acids is 2. The van der Waals surface area contributed by atoms with Crippen LogP contribution in [0, 0.1) is 11.8 Å². The van der Waals surface area contributed by atoms with Gasteiger partial charge in [-0.05, 0) is 48.5 Å². The van der Waals surface area contributed by atoms with Crippen LogP contribution in [0.25, 0.3) is 0 Å². The molecule has 0 saturated heterocycles. The van der Waals surface area contributed by atoms with Crippen molar-refractivity contribution in [2.24, 2.45) is 0 Å².